The van der Waals surface area contributed by atoms with Gasteiger partial charge in [-0.25, -0.2) is 0 Å². The molecule has 0 spiro atoms. The number of rotatable bonds is 8. The van der Waals surface area contributed by atoms with E-state index in [0.717, 1.165) is 12.3 Å². The first kappa shape index (κ1) is 17.9. The largest absolute Gasteiger partial charge is 0.376 e. The van der Waals surface area contributed by atoms with Gasteiger partial charge in [0.25, 0.3) is 0 Å². The highest BCUT2D eigenvalue weighted by Gasteiger charge is 2.29. The zero-order valence-corrected chi connectivity index (χ0v) is 14.1. The van der Waals surface area contributed by atoms with Crippen molar-refractivity contribution in [2.75, 3.05) is 20.0 Å². The molecule has 20 heavy (non-hydrogen) atoms. The Balaban J connectivity index is 1.99. The average molecular weight is 286 g/mol. The molecule has 0 aromatic carbocycles. The molecule has 1 saturated carbocycles. The average Bonchev–Trinajstić information content (AvgIpc) is 2.41. The lowest BCUT2D eigenvalue weighted by Gasteiger charge is -2.36. The molecular weight excluding hydrogens is 252 g/mol. The highest BCUT2D eigenvalue weighted by atomic mass is 16.7. The first-order valence-corrected chi connectivity index (χ1v) is 8.24. The van der Waals surface area contributed by atoms with Crippen molar-refractivity contribution < 1.29 is 14.2 Å². The first-order valence-electron chi connectivity index (χ1n) is 8.24. The molecule has 0 bridgehead atoms. The van der Waals surface area contributed by atoms with E-state index in [1.807, 2.05) is 0 Å². The fraction of sp³-hybridized carbons (Fsp3) is 1.00. The fourth-order valence-electron chi connectivity index (χ4n) is 2.72. The summed E-state index contributed by atoms with van der Waals surface area (Å²) in [7, 11) is 0. The molecule has 1 rings (SSSR count). The summed E-state index contributed by atoms with van der Waals surface area (Å²) in [5, 5.41) is 0. The predicted octanol–water partition coefficient (Wildman–Crippen LogP) is 4.40. The van der Waals surface area contributed by atoms with Crippen molar-refractivity contribution in [2.24, 2.45) is 11.3 Å². The van der Waals surface area contributed by atoms with E-state index < -0.39 is 0 Å². The summed E-state index contributed by atoms with van der Waals surface area (Å²) in [5.41, 5.74) is 0.439. The Bertz CT molecular complexity index is 239. The van der Waals surface area contributed by atoms with Crippen LogP contribution in [-0.2, 0) is 14.2 Å². The second-order valence-corrected chi connectivity index (χ2v) is 7.12. The van der Waals surface area contributed by atoms with E-state index in [2.05, 4.69) is 34.6 Å². The molecule has 0 radical (unpaired) electrons. The minimum atomic E-state index is 0.326. The zero-order chi connectivity index (χ0) is 15.0. The van der Waals surface area contributed by atoms with Gasteiger partial charge in [-0.15, -0.1) is 0 Å². The van der Waals surface area contributed by atoms with Crippen molar-refractivity contribution in [1.29, 1.82) is 0 Å². The maximum atomic E-state index is 5.80. The third-order valence-electron chi connectivity index (χ3n) is 4.49. The lowest BCUT2D eigenvalue weighted by atomic mass is 9.72. The van der Waals surface area contributed by atoms with Crippen molar-refractivity contribution >= 4 is 0 Å². The number of hydrogen-bond acceptors (Lipinski definition) is 3. The van der Waals surface area contributed by atoms with E-state index in [1.54, 1.807) is 0 Å². The molecule has 0 saturated heterocycles. The van der Waals surface area contributed by atoms with Gasteiger partial charge >= 0.3 is 0 Å². The summed E-state index contributed by atoms with van der Waals surface area (Å²) in [6.45, 7) is 13.0. The molecule has 1 atom stereocenters. The van der Waals surface area contributed by atoms with Crippen LogP contribution in [0.1, 0.15) is 66.7 Å². The Hall–Kier alpha value is -0.120. The Morgan fingerprint density at radius 2 is 1.70 bits per heavy atom. The van der Waals surface area contributed by atoms with Gasteiger partial charge in [0, 0.05) is 0 Å². The third-order valence-corrected chi connectivity index (χ3v) is 4.49. The summed E-state index contributed by atoms with van der Waals surface area (Å²) in [6.07, 6.45) is 6.68. The zero-order valence-electron chi connectivity index (χ0n) is 14.1. The molecule has 0 heterocycles. The summed E-state index contributed by atoms with van der Waals surface area (Å²) in [5.74, 6) is 0.840. The van der Waals surface area contributed by atoms with E-state index in [-0.39, 0.29) is 0 Å². The van der Waals surface area contributed by atoms with Gasteiger partial charge in [-0.1, -0.05) is 27.7 Å². The van der Waals surface area contributed by atoms with Crippen LogP contribution < -0.4 is 0 Å². The Kier molecular flexibility index (Phi) is 8.08. The molecule has 0 N–H and O–H groups in total. The lowest BCUT2D eigenvalue weighted by Crippen LogP contribution is -2.29. The van der Waals surface area contributed by atoms with Crippen molar-refractivity contribution in [1.82, 2.24) is 0 Å². The van der Waals surface area contributed by atoms with Gasteiger partial charge in [0.15, 0.2) is 0 Å². The summed E-state index contributed by atoms with van der Waals surface area (Å²) >= 11 is 0. The van der Waals surface area contributed by atoms with Crippen LogP contribution in [0.25, 0.3) is 0 Å². The van der Waals surface area contributed by atoms with Gasteiger partial charge in [-0.2, -0.15) is 0 Å². The van der Waals surface area contributed by atoms with Crippen molar-refractivity contribution in [3.05, 3.63) is 0 Å². The molecule has 1 unspecified atom stereocenters. The minimum absolute atomic E-state index is 0.326. The maximum absolute atomic E-state index is 5.80. The molecular formula is C17H34O3. The fourth-order valence-corrected chi connectivity index (χ4v) is 2.72. The Labute approximate surface area is 125 Å². The van der Waals surface area contributed by atoms with Crippen molar-refractivity contribution in [3.63, 3.8) is 0 Å². The van der Waals surface area contributed by atoms with E-state index >= 15 is 0 Å². The molecule has 3 heteroatoms. The molecule has 1 fully saturated rings. The monoisotopic (exact) mass is 286 g/mol. The molecule has 3 nitrogen and oxygen atoms in total. The second kappa shape index (κ2) is 9.01. The predicted molar refractivity (Wildman–Crippen MR) is 82.8 cm³/mol. The summed E-state index contributed by atoms with van der Waals surface area (Å²) in [4.78, 5) is 0. The second-order valence-electron chi connectivity index (χ2n) is 7.12. The van der Waals surface area contributed by atoms with Gasteiger partial charge < -0.3 is 14.2 Å². The number of hydrogen-bond donors (Lipinski definition) is 0. The molecule has 0 aromatic heterocycles. The minimum Gasteiger partial charge on any atom is -0.376 e. The third kappa shape index (κ3) is 7.05. The Morgan fingerprint density at radius 1 is 1.05 bits per heavy atom. The van der Waals surface area contributed by atoms with Crippen LogP contribution >= 0.6 is 0 Å². The number of ether oxygens (including phenoxy) is 3. The summed E-state index contributed by atoms with van der Waals surface area (Å²) in [6, 6.07) is 0. The van der Waals surface area contributed by atoms with Crippen LogP contribution in [0.15, 0.2) is 0 Å². The van der Waals surface area contributed by atoms with Gasteiger partial charge in [-0.3, -0.25) is 0 Å². The topological polar surface area (TPSA) is 27.7 Å². The normalized spacial score (nSPS) is 25.6. The quantitative estimate of drug-likeness (QED) is 0.489. The maximum Gasteiger partial charge on any atom is 0.147 e. The molecule has 1 aliphatic carbocycles. The van der Waals surface area contributed by atoms with Crippen molar-refractivity contribution in [2.45, 2.75) is 78.9 Å². The van der Waals surface area contributed by atoms with E-state index in [1.165, 1.54) is 25.7 Å². The van der Waals surface area contributed by atoms with E-state index in [9.17, 15) is 0 Å². The van der Waals surface area contributed by atoms with Gasteiger partial charge in [0.05, 0.1) is 25.4 Å². The lowest BCUT2D eigenvalue weighted by molar-refractivity contribution is -0.116. The SMILES string of the molecule is CCC(C)OCCOCOC1CCC(C(C)(C)C)CC1. The van der Waals surface area contributed by atoms with Gasteiger partial charge in [-0.05, 0) is 50.4 Å². The van der Waals surface area contributed by atoms with Crippen LogP contribution in [0.4, 0.5) is 0 Å². The Morgan fingerprint density at radius 3 is 2.25 bits per heavy atom. The first-order chi connectivity index (χ1) is 9.43. The standard InChI is InChI=1S/C17H34O3/c1-6-14(2)19-12-11-18-13-20-16-9-7-15(8-10-16)17(3,4)5/h14-16H,6-13H2,1-5H3. The molecule has 120 valence electrons. The smallest absolute Gasteiger partial charge is 0.147 e. The molecule has 0 aromatic rings. The van der Waals surface area contributed by atoms with Gasteiger partial charge in [0.2, 0.25) is 0 Å². The van der Waals surface area contributed by atoms with Crippen molar-refractivity contribution in [3.8, 4) is 0 Å². The molecule has 0 amide bonds. The molecule has 0 aliphatic heterocycles. The molecule has 1 aliphatic rings. The van der Waals surface area contributed by atoms with Crippen LogP contribution in [-0.4, -0.2) is 32.2 Å². The summed E-state index contributed by atoms with van der Waals surface area (Å²) < 4.78 is 16.8. The highest BCUT2D eigenvalue weighted by Crippen LogP contribution is 2.38. The van der Waals surface area contributed by atoms with Crippen LogP contribution in [0.5, 0.6) is 0 Å². The van der Waals surface area contributed by atoms with E-state index in [4.69, 9.17) is 14.2 Å². The van der Waals surface area contributed by atoms with Crippen LogP contribution in [0, 0.1) is 11.3 Å². The van der Waals surface area contributed by atoms with Crippen LogP contribution in [0.3, 0.4) is 0 Å². The van der Waals surface area contributed by atoms with E-state index in [0.29, 0.717) is 37.6 Å². The highest BCUT2D eigenvalue weighted by molar-refractivity contribution is 4.80. The van der Waals surface area contributed by atoms with Gasteiger partial charge in [0.1, 0.15) is 6.79 Å². The van der Waals surface area contributed by atoms with Crippen LogP contribution in [0.2, 0.25) is 0 Å².